The van der Waals surface area contributed by atoms with Crippen molar-refractivity contribution in [2.75, 3.05) is 0 Å². The Balaban J connectivity index is 2.19. The first-order valence-electron chi connectivity index (χ1n) is 5.17. The summed E-state index contributed by atoms with van der Waals surface area (Å²) in [5.74, 6) is -0.583. The first-order chi connectivity index (χ1) is 7.58. The third-order valence-electron chi connectivity index (χ3n) is 3.00. The molecule has 1 N–H and O–H groups in total. The number of hydrogen-bond donors (Lipinski definition) is 1. The molecule has 1 aliphatic heterocycles. The number of carbonyl (C=O) groups is 2. The van der Waals surface area contributed by atoms with Gasteiger partial charge < -0.3 is 0 Å². The van der Waals surface area contributed by atoms with E-state index < -0.39 is 0 Å². The standard InChI is InChI=1S/C12H12ClNO2/c1-7(8-2-4-9(13)5-3-8)10-6-11(15)14-12(10)16/h2-5,7,10H,6H2,1H3,(H,14,15,16). The fraction of sp³-hybridized carbons (Fsp3) is 0.333. The fourth-order valence-corrected chi connectivity index (χ4v) is 2.10. The number of halogens is 1. The average molecular weight is 238 g/mol. The first-order valence-corrected chi connectivity index (χ1v) is 5.55. The lowest BCUT2D eigenvalue weighted by atomic mass is 9.86. The van der Waals surface area contributed by atoms with Gasteiger partial charge in [-0.25, -0.2) is 0 Å². The molecule has 0 spiro atoms. The minimum absolute atomic E-state index is 0.0312. The van der Waals surface area contributed by atoms with Crippen LogP contribution in [0.4, 0.5) is 0 Å². The van der Waals surface area contributed by atoms with E-state index in [0.717, 1.165) is 5.56 Å². The van der Waals surface area contributed by atoms with Gasteiger partial charge in [-0.2, -0.15) is 0 Å². The highest BCUT2D eigenvalue weighted by molar-refractivity contribution is 6.30. The van der Waals surface area contributed by atoms with E-state index in [9.17, 15) is 9.59 Å². The average Bonchev–Trinajstić information content (AvgIpc) is 2.58. The Morgan fingerprint density at radius 1 is 1.31 bits per heavy atom. The van der Waals surface area contributed by atoms with Gasteiger partial charge in [0.2, 0.25) is 11.8 Å². The van der Waals surface area contributed by atoms with Crippen LogP contribution < -0.4 is 5.32 Å². The molecule has 0 saturated carbocycles. The quantitative estimate of drug-likeness (QED) is 0.801. The number of carbonyl (C=O) groups excluding carboxylic acids is 2. The van der Waals surface area contributed by atoms with Crippen LogP contribution in [0.1, 0.15) is 24.8 Å². The fourth-order valence-electron chi connectivity index (χ4n) is 1.98. The van der Waals surface area contributed by atoms with E-state index in [1.165, 1.54) is 0 Å². The predicted molar refractivity (Wildman–Crippen MR) is 61.1 cm³/mol. The zero-order valence-corrected chi connectivity index (χ0v) is 9.62. The summed E-state index contributed by atoms with van der Waals surface area (Å²) in [7, 11) is 0. The van der Waals surface area contributed by atoms with Gasteiger partial charge in [0, 0.05) is 11.4 Å². The summed E-state index contributed by atoms with van der Waals surface area (Å²) in [6.07, 6.45) is 0.280. The van der Waals surface area contributed by atoms with Crippen molar-refractivity contribution >= 4 is 23.4 Å². The van der Waals surface area contributed by atoms with Crippen molar-refractivity contribution in [1.82, 2.24) is 5.32 Å². The van der Waals surface area contributed by atoms with E-state index >= 15 is 0 Å². The van der Waals surface area contributed by atoms with Crippen molar-refractivity contribution in [3.05, 3.63) is 34.9 Å². The van der Waals surface area contributed by atoms with Gasteiger partial charge in [-0.15, -0.1) is 0 Å². The molecule has 0 aromatic heterocycles. The second-order valence-electron chi connectivity index (χ2n) is 4.06. The monoisotopic (exact) mass is 237 g/mol. The highest BCUT2D eigenvalue weighted by Gasteiger charge is 2.35. The minimum Gasteiger partial charge on any atom is -0.296 e. The third kappa shape index (κ3) is 2.09. The Bertz CT molecular complexity index is 427. The maximum atomic E-state index is 11.5. The Labute approximate surface area is 98.8 Å². The highest BCUT2D eigenvalue weighted by Crippen LogP contribution is 2.30. The Hall–Kier alpha value is -1.35. The molecule has 84 valence electrons. The van der Waals surface area contributed by atoms with Crippen LogP contribution in [-0.2, 0) is 9.59 Å². The summed E-state index contributed by atoms with van der Waals surface area (Å²) in [5, 5.41) is 2.99. The Morgan fingerprint density at radius 2 is 1.94 bits per heavy atom. The van der Waals surface area contributed by atoms with Crippen molar-refractivity contribution in [2.45, 2.75) is 19.3 Å². The molecule has 1 heterocycles. The molecule has 4 heteroatoms. The molecule has 1 aliphatic rings. The van der Waals surface area contributed by atoms with Crippen LogP contribution in [0.15, 0.2) is 24.3 Å². The van der Waals surface area contributed by atoms with E-state index in [1.54, 1.807) is 12.1 Å². The summed E-state index contributed by atoms with van der Waals surface area (Å²) >= 11 is 5.79. The molecule has 0 bridgehead atoms. The van der Waals surface area contributed by atoms with Gasteiger partial charge in [0.1, 0.15) is 0 Å². The van der Waals surface area contributed by atoms with Crippen LogP contribution in [0.2, 0.25) is 5.02 Å². The summed E-state index contributed by atoms with van der Waals surface area (Å²) in [4.78, 5) is 22.6. The molecule has 1 aromatic rings. The molecular formula is C12H12ClNO2. The molecule has 3 nitrogen and oxygen atoms in total. The summed E-state index contributed by atoms with van der Waals surface area (Å²) in [6, 6.07) is 7.37. The Morgan fingerprint density at radius 3 is 2.44 bits per heavy atom. The maximum Gasteiger partial charge on any atom is 0.230 e. The molecule has 2 atom stereocenters. The second kappa shape index (κ2) is 4.26. The van der Waals surface area contributed by atoms with E-state index in [0.29, 0.717) is 5.02 Å². The number of nitrogens with one attached hydrogen (secondary N) is 1. The largest absolute Gasteiger partial charge is 0.296 e. The highest BCUT2D eigenvalue weighted by atomic mass is 35.5. The lowest BCUT2D eigenvalue weighted by Gasteiger charge is -2.16. The molecule has 1 saturated heterocycles. The lowest BCUT2D eigenvalue weighted by Crippen LogP contribution is -2.24. The molecule has 0 radical (unpaired) electrons. The van der Waals surface area contributed by atoms with Crippen LogP contribution >= 0.6 is 11.6 Å². The Kier molecular flexibility index (Phi) is 2.97. The van der Waals surface area contributed by atoms with Gasteiger partial charge in [-0.1, -0.05) is 30.7 Å². The molecule has 2 rings (SSSR count). The van der Waals surface area contributed by atoms with Crippen molar-refractivity contribution in [2.24, 2.45) is 5.92 Å². The number of imide groups is 1. The number of rotatable bonds is 2. The van der Waals surface area contributed by atoms with Crippen molar-refractivity contribution in [3.8, 4) is 0 Å². The third-order valence-corrected chi connectivity index (χ3v) is 3.26. The molecule has 1 fully saturated rings. The molecule has 2 amide bonds. The summed E-state index contributed by atoms with van der Waals surface area (Å²) < 4.78 is 0. The normalized spacial score (nSPS) is 22.0. The van der Waals surface area contributed by atoms with E-state index in [1.807, 2.05) is 19.1 Å². The van der Waals surface area contributed by atoms with Crippen LogP contribution in [0.3, 0.4) is 0 Å². The van der Waals surface area contributed by atoms with E-state index in [2.05, 4.69) is 5.32 Å². The van der Waals surface area contributed by atoms with Crippen LogP contribution in [0.25, 0.3) is 0 Å². The van der Waals surface area contributed by atoms with Crippen molar-refractivity contribution in [1.29, 1.82) is 0 Å². The molecule has 16 heavy (non-hydrogen) atoms. The van der Waals surface area contributed by atoms with Gasteiger partial charge in [-0.05, 0) is 23.6 Å². The van der Waals surface area contributed by atoms with E-state index in [-0.39, 0.29) is 30.1 Å². The zero-order valence-electron chi connectivity index (χ0n) is 8.87. The molecule has 2 unspecified atom stereocenters. The number of hydrogen-bond acceptors (Lipinski definition) is 2. The molecular weight excluding hydrogens is 226 g/mol. The first kappa shape index (κ1) is 11.1. The van der Waals surface area contributed by atoms with E-state index in [4.69, 9.17) is 11.6 Å². The molecule has 0 aliphatic carbocycles. The summed E-state index contributed by atoms with van der Waals surface area (Å²) in [5.41, 5.74) is 1.03. The van der Waals surface area contributed by atoms with Gasteiger partial charge in [0.15, 0.2) is 0 Å². The summed E-state index contributed by atoms with van der Waals surface area (Å²) in [6.45, 7) is 1.95. The predicted octanol–water partition coefficient (Wildman–Crippen LogP) is 2.11. The van der Waals surface area contributed by atoms with Gasteiger partial charge in [0.05, 0.1) is 5.92 Å². The van der Waals surface area contributed by atoms with Crippen LogP contribution in [0, 0.1) is 5.92 Å². The maximum absolute atomic E-state index is 11.5. The van der Waals surface area contributed by atoms with Crippen LogP contribution in [0.5, 0.6) is 0 Å². The van der Waals surface area contributed by atoms with Gasteiger partial charge >= 0.3 is 0 Å². The zero-order chi connectivity index (χ0) is 11.7. The lowest BCUT2D eigenvalue weighted by molar-refractivity contribution is -0.126. The molecule has 1 aromatic carbocycles. The minimum atomic E-state index is -0.256. The van der Waals surface area contributed by atoms with Crippen molar-refractivity contribution < 1.29 is 9.59 Å². The van der Waals surface area contributed by atoms with Gasteiger partial charge in [-0.3, -0.25) is 14.9 Å². The SMILES string of the molecule is CC(c1ccc(Cl)cc1)C1CC(=O)NC1=O. The number of benzene rings is 1. The van der Waals surface area contributed by atoms with Crippen LogP contribution in [-0.4, -0.2) is 11.8 Å². The van der Waals surface area contributed by atoms with Gasteiger partial charge in [0.25, 0.3) is 0 Å². The second-order valence-corrected chi connectivity index (χ2v) is 4.50. The topological polar surface area (TPSA) is 46.2 Å². The number of amides is 2. The smallest absolute Gasteiger partial charge is 0.230 e. The van der Waals surface area contributed by atoms with Crippen molar-refractivity contribution in [3.63, 3.8) is 0 Å².